The highest BCUT2D eigenvalue weighted by Gasteiger charge is 2.16. The zero-order valence-electron chi connectivity index (χ0n) is 18.9. The number of benzene rings is 2. The van der Waals surface area contributed by atoms with E-state index in [0.29, 0.717) is 35.2 Å². The quantitative estimate of drug-likeness (QED) is 0.280. The molecule has 0 unspecified atom stereocenters. The number of hydrogen-bond donors (Lipinski definition) is 2. The topological polar surface area (TPSA) is 79.8 Å². The van der Waals surface area contributed by atoms with Gasteiger partial charge in [-0.1, -0.05) is 86.3 Å². The molecule has 0 radical (unpaired) electrons. The number of nitrogens with one attached hydrogen (secondary N) is 2. The minimum absolute atomic E-state index is 0.0553. The first kappa shape index (κ1) is 22.9. The van der Waals surface area contributed by atoms with Gasteiger partial charge in [-0.3, -0.25) is 14.2 Å². The lowest BCUT2D eigenvalue weighted by molar-refractivity contribution is -0.118. The summed E-state index contributed by atoms with van der Waals surface area (Å²) in [5.74, 6) is 0.687. The second-order valence-corrected chi connectivity index (χ2v) is 9.34. The third-order valence-electron chi connectivity index (χ3n) is 5.35. The highest BCUT2D eigenvalue weighted by Crippen LogP contribution is 2.24. The molecule has 2 aromatic carbocycles. The van der Waals surface area contributed by atoms with Crippen LogP contribution >= 0.6 is 11.8 Å². The van der Waals surface area contributed by atoms with Crippen LogP contribution in [0.1, 0.15) is 25.8 Å². The molecule has 4 aromatic rings. The van der Waals surface area contributed by atoms with Crippen LogP contribution in [0.25, 0.3) is 22.3 Å². The molecule has 6 nitrogen and oxygen atoms in total. The highest BCUT2D eigenvalue weighted by atomic mass is 32.2. The van der Waals surface area contributed by atoms with E-state index in [-0.39, 0.29) is 17.2 Å². The molecule has 7 heteroatoms. The number of fused-ring (bicyclic) bond motifs is 1. The van der Waals surface area contributed by atoms with Crippen molar-refractivity contribution in [3.8, 4) is 11.3 Å². The number of rotatable bonds is 9. The normalized spacial score (nSPS) is 11.2. The van der Waals surface area contributed by atoms with E-state index in [0.717, 1.165) is 23.2 Å². The fourth-order valence-electron chi connectivity index (χ4n) is 3.55. The van der Waals surface area contributed by atoms with Crippen molar-refractivity contribution in [2.75, 3.05) is 12.3 Å². The minimum atomic E-state index is -0.145. The number of aromatic nitrogens is 3. The summed E-state index contributed by atoms with van der Waals surface area (Å²) in [7, 11) is 0. The van der Waals surface area contributed by atoms with Gasteiger partial charge in [0.25, 0.3) is 5.56 Å². The monoisotopic (exact) mass is 460 g/mol. The molecule has 2 aromatic heterocycles. The Balaban J connectivity index is 1.66. The number of thioether (sulfide) groups is 1. The predicted octanol–water partition coefficient (Wildman–Crippen LogP) is 4.69. The van der Waals surface area contributed by atoms with Gasteiger partial charge in [0, 0.05) is 12.2 Å². The maximum absolute atomic E-state index is 13.5. The fraction of sp³-hybridized carbons (Fsp3) is 0.269. The van der Waals surface area contributed by atoms with Crippen LogP contribution in [0.2, 0.25) is 0 Å². The predicted molar refractivity (Wildman–Crippen MR) is 135 cm³/mol. The standard InChI is InChI=1S/C26H28N4O2S/c1-18(2)13-14-27-23(31)17-33-26-29-22-15-21(20-11-7-4-8-12-20)28-24(22)25(32)30(26)16-19-9-5-3-6-10-19/h3-12,15,18,28H,13-14,16-17H2,1-2H3,(H,27,31). The van der Waals surface area contributed by atoms with Gasteiger partial charge in [0.2, 0.25) is 5.91 Å². The van der Waals surface area contributed by atoms with Gasteiger partial charge in [-0.2, -0.15) is 0 Å². The number of hydrogen-bond acceptors (Lipinski definition) is 4. The van der Waals surface area contributed by atoms with Crippen molar-refractivity contribution >= 4 is 28.7 Å². The Morgan fingerprint density at radius 2 is 1.79 bits per heavy atom. The van der Waals surface area contributed by atoms with Gasteiger partial charge in [0.05, 0.1) is 17.8 Å². The van der Waals surface area contributed by atoms with Crippen molar-refractivity contribution in [3.05, 3.63) is 82.6 Å². The van der Waals surface area contributed by atoms with Gasteiger partial charge in [-0.15, -0.1) is 0 Å². The lowest BCUT2D eigenvalue weighted by Crippen LogP contribution is -2.28. The van der Waals surface area contributed by atoms with E-state index in [1.54, 1.807) is 4.57 Å². The van der Waals surface area contributed by atoms with E-state index in [9.17, 15) is 9.59 Å². The molecule has 2 N–H and O–H groups in total. The smallest absolute Gasteiger partial charge is 0.278 e. The minimum Gasteiger partial charge on any atom is -0.355 e. The summed E-state index contributed by atoms with van der Waals surface area (Å²) < 4.78 is 1.65. The molecule has 33 heavy (non-hydrogen) atoms. The molecule has 0 atom stereocenters. The van der Waals surface area contributed by atoms with Gasteiger partial charge >= 0.3 is 0 Å². The highest BCUT2D eigenvalue weighted by molar-refractivity contribution is 7.99. The first-order valence-corrected chi connectivity index (χ1v) is 12.1. The molecular formula is C26H28N4O2S. The number of carbonyl (C=O) groups is 1. The molecule has 2 heterocycles. The SMILES string of the molecule is CC(C)CCNC(=O)CSc1nc2cc(-c3ccccc3)[nH]c2c(=O)n1Cc1ccccc1. The Hall–Kier alpha value is -3.32. The summed E-state index contributed by atoms with van der Waals surface area (Å²) >= 11 is 1.29. The van der Waals surface area contributed by atoms with Crippen molar-refractivity contribution in [2.24, 2.45) is 5.92 Å². The first-order chi connectivity index (χ1) is 16.0. The van der Waals surface area contributed by atoms with Crippen molar-refractivity contribution in [1.29, 1.82) is 0 Å². The van der Waals surface area contributed by atoms with Crippen LogP contribution in [0.15, 0.2) is 76.7 Å². The third-order valence-corrected chi connectivity index (χ3v) is 6.32. The maximum Gasteiger partial charge on any atom is 0.278 e. The average molecular weight is 461 g/mol. The third kappa shape index (κ3) is 5.73. The van der Waals surface area contributed by atoms with Gasteiger partial charge in [0.1, 0.15) is 5.52 Å². The molecule has 0 saturated heterocycles. The summed E-state index contributed by atoms with van der Waals surface area (Å²) in [6.45, 7) is 5.30. The zero-order chi connectivity index (χ0) is 23.2. The number of aromatic amines is 1. The van der Waals surface area contributed by atoms with Crippen LogP contribution in [-0.2, 0) is 11.3 Å². The lowest BCUT2D eigenvalue weighted by Gasteiger charge is -2.12. The first-order valence-electron chi connectivity index (χ1n) is 11.1. The van der Waals surface area contributed by atoms with E-state index < -0.39 is 0 Å². The van der Waals surface area contributed by atoms with Crippen LogP contribution in [0.4, 0.5) is 0 Å². The number of carbonyl (C=O) groups excluding carboxylic acids is 1. The number of H-pyrrole nitrogens is 1. The van der Waals surface area contributed by atoms with Crippen LogP contribution in [0.5, 0.6) is 0 Å². The van der Waals surface area contributed by atoms with Crippen molar-refractivity contribution in [2.45, 2.75) is 32.0 Å². The maximum atomic E-state index is 13.5. The fourth-order valence-corrected chi connectivity index (χ4v) is 4.38. The van der Waals surface area contributed by atoms with Gasteiger partial charge in [-0.05, 0) is 29.5 Å². The summed E-state index contributed by atoms with van der Waals surface area (Å²) in [6.07, 6.45) is 0.935. The van der Waals surface area contributed by atoms with Crippen LogP contribution in [-0.4, -0.2) is 32.7 Å². The molecule has 0 aliphatic rings. The molecule has 0 bridgehead atoms. The van der Waals surface area contributed by atoms with Crippen LogP contribution in [0, 0.1) is 5.92 Å². The molecule has 1 amide bonds. The molecule has 0 saturated carbocycles. The number of nitrogens with zero attached hydrogens (tertiary/aromatic N) is 2. The second kappa shape index (κ2) is 10.5. The Morgan fingerprint density at radius 1 is 1.09 bits per heavy atom. The second-order valence-electron chi connectivity index (χ2n) is 8.40. The summed E-state index contributed by atoms with van der Waals surface area (Å²) in [4.78, 5) is 33.8. The van der Waals surface area contributed by atoms with E-state index in [1.807, 2.05) is 66.7 Å². The van der Waals surface area contributed by atoms with E-state index >= 15 is 0 Å². The summed E-state index contributed by atoms with van der Waals surface area (Å²) in [5, 5.41) is 3.49. The molecule has 0 fully saturated rings. The largest absolute Gasteiger partial charge is 0.355 e. The number of amides is 1. The Labute approximate surface area is 197 Å². The molecule has 170 valence electrons. The van der Waals surface area contributed by atoms with Crippen LogP contribution < -0.4 is 10.9 Å². The van der Waals surface area contributed by atoms with Gasteiger partial charge in [0.15, 0.2) is 5.16 Å². The molecule has 0 aliphatic heterocycles. The van der Waals surface area contributed by atoms with Crippen molar-refractivity contribution < 1.29 is 4.79 Å². The van der Waals surface area contributed by atoms with Gasteiger partial charge in [-0.25, -0.2) is 4.98 Å². The van der Waals surface area contributed by atoms with E-state index in [2.05, 4.69) is 24.1 Å². The van der Waals surface area contributed by atoms with Crippen molar-refractivity contribution in [1.82, 2.24) is 19.9 Å². The van der Waals surface area contributed by atoms with E-state index in [1.165, 1.54) is 11.8 Å². The van der Waals surface area contributed by atoms with Crippen LogP contribution in [0.3, 0.4) is 0 Å². The van der Waals surface area contributed by atoms with E-state index in [4.69, 9.17) is 4.98 Å². The Morgan fingerprint density at radius 3 is 2.48 bits per heavy atom. The molecule has 0 spiro atoms. The molecular weight excluding hydrogens is 432 g/mol. The Kier molecular flexibility index (Phi) is 7.29. The van der Waals surface area contributed by atoms with Crippen molar-refractivity contribution in [3.63, 3.8) is 0 Å². The summed E-state index contributed by atoms with van der Waals surface area (Å²) in [5.41, 5.74) is 3.76. The zero-order valence-corrected chi connectivity index (χ0v) is 19.7. The lowest BCUT2D eigenvalue weighted by atomic mass is 10.1. The molecule has 4 rings (SSSR count). The van der Waals surface area contributed by atoms with Gasteiger partial charge < -0.3 is 10.3 Å². The summed E-state index contributed by atoms with van der Waals surface area (Å²) in [6, 6.07) is 21.6. The Bertz CT molecular complexity index is 1280. The average Bonchev–Trinajstić information content (AvgIpc) is 3.25. The molecule has 0 aliphatic carbocycles.